The molecule has 0 spiro atoms. The highest BCUT2D eigenvalue weighted by Crippen LogP contribution is 2.20. The Hall–Kier alpha value is -1.33. The largest absolute Gasteiger partial charge is 0.310 e. The summed E-state index contributed by atoms with van der Waals surface area (Å²) in [6.07, 6.45) is 5.25. The van der Waals surface area contributed by atoms with Crippen LogP contribution >= 0.6 is 15.9 Å². The maximum atomic E-state index is 13.8. The van der Waals surface area contributed by atoms with E-state index in [4.69, 9.17) is 0 Å². The van der Waals surface area contributed by atoms with Gasteiger partial charge in [-0.15, -0.1) is 0 Å². The third-order valence-corrected chi connectivity index (χ3v) is 3.30. The minimum absolute atomic E-state index is 0.0957. The maximum Gasteiger partial charge on any atom is 0.146 e. The van der Waals surface area contributed by atoms with Crippen LogP contribution in [0.1, 0.15) is 24.2 Å². The van der Waals surface area contributed by atoms with Gasteiger partial charge in [-0.3, -0.25) is 9.97 Å². The van der Waals surface area contributed by atoms with Crippen molar-refractivity contribution in [1.82, 2.24) is 15.3 Å². The van der Waals surface area contributed by atoms with Gasteiger partial charge in [0, 0.05) is 40.6 Å². The molecule has 1 unspecified atom stereocenters. The molecule has 0 saturated heterocycles. The quantitative estimate of drug-likeness (QED) is 0.917. The van der Waals surface area contributed by atoms with Gasteiger partial charge in [0.15, 0.2) is 0 Å². The average molecular weight is 324 g/mol. The van der Waals surface area contributed by atoms with Gasteiger partial charge < -0.3 is 5.32 Å². The Morgan fingerprint density at radius 3 is 2.79 bits per heavy atom. The first-order chi connectivity index (χ1) is 9.20. The number of hydrogen-bond acceptors (Lipinski definition) is 3. The topological polar surface area (TPSA) is 37.8 Å². The van der Waals surface area contributed by atoms with Gasteiger partial charge >= 0.3 is 0 Å². The molecule has 0 aliphatic carbocycles. The summed E-state index contributed by atoms with van der Waals surface area (Å²) in [5.41, 5.74) is 1.55. The summed E-state index contributed by atoms with van der Waals surface area (Å²) in [6, 6.07) is 5.49. The van der Waals surface area contributed by atoms with Crippen molar-refractivity contribution < 1.29 is 4.39 Å². The number of nitrogens with one attached hydrogen (secondary N) is 1. The van der Waals surface area contributed by atoms with E-state index >= 15 is 0 Å². The second-order valence-corrected chi connectivity index (χ2v) is 5.10. The zero-order chi connectivity index (χ0) is 13.7. The van der Waals surface area contributed by atoms with Gasteiger partial charge in [-0.05, 0) is 40.7 Å². The van der Waals surface area contributed by atoms with E-state index in [1.807, 2.05) is 19.1 Å². The van der Waals surface area contributed by atoms with Crippen molar-refractivity contribution in [2.45, 2.75) is 19.4 Å². The molecular weight excluding hydrogens is 309 g/mol. The van der Waals surface area contributed by atoms with Gasteiger partial charge in [-0.2, -0.15) is 0 Å². The van der Waals surface area contributed by atoms with Gasteiger partial charge in [-0.25, -0.2) is 4.39 Å². The summed E-state index contributed by atoms with van der Waals surface area (Å²) >= 11 is 3.35. The number of rotatable bonds is 5. The molecule has 0 radical (unpaired) electrons. The summed E-state index contributed by atoms with van der Waals surface area (Å²) in [4.78, 5) is 8.11. The highest BCUT2D eigenvalue weighted by Gasteiger charge is 2.15. The van der Waals surface area contributed by atoms with Gasteiger partial charge in [0.25, 0.3) is 0 Å². The molecule has 0 saturated carbocycles. The Labute approximate surface area is 120 Å². The van der Waals surface area contributed by atoms with Gasteiger partial charge in [-0.1, -0.05) is 6.92 Å². The van der Waals surface area contributed by atoms with E-state index in [0.717, 1.165) is 16.7 Å². The van der Waals surface area contributed by atoms with Crippen molar-refractivity contribution in [2.24, 2.45) is 0 Å². The van der Waals surface area contributed by atoms with E-state index in [-0.39, 0.29) is 11.9 Å². The molecule has 1 N–H and O–H groups in total. The van der Waals surface area contributed by atoms with Crippen molar-refractivity contribution in [1.29, 1.82) is 0 Å². The standard InChI is InChI=1S/C14H15BrFN3/c1-2-18-14(12-5-6-17-9-13(12)16)7-11-4-3-10(15)8-19-11/h3-6,8-9,14,18H,2,7H2,1H3. The van der Waals surface area contributed by atoms with Gasteiger partial charge in [0.05, 0.1) is 6.20 Å². The molecule has 0 aliphatic heterocycles. The van der Waals surface area contributed by atoms with E-state index in [0.29, 0.717) is 12.0 Å². The fourth-order valence-corrected chi connectivity index (χ4v) is 2.18. The van der Waals surface area contributed by atoms with Crippen LogP contribution in [-0.4, -0.2) is 16.5 Å². The smallest absolute Gasteiger partial charge is 0.146 e. The van der Waals surface area contributed by atoms with Crippen molar-refractivity contribution >= 4 is 15.9 Å². The lowest BCUT2D eigenvalue weighted by atomic mass is 10.0. The number of likely N-dealkylation sites (N-methyl/N-ethyl adjacent to an activating group) is 1. The Morgan fingerprint density at radius 2 is 2.16 bits per heavy atom. The molecule has 0 fully saturated rings. The lowest BCUT2D eigenvalue weighted by Crippen LogP contribution is -2.24. The molecule has 1 atom stereocenters. The highest BCUT2D eigenvalue weighted by atomic mass is 79.9. The summed E-state index contributed by atoms with van der Waals surface area (Å²) in [7, 11) is 0. The zero-order valence-corrected chi connectivity index (χ0v) is 12.2. The predicted molar refractivity (Wildman–Crippen MR) is 76.3 cm³/mol. The van der Waals surface area contributed by atoms with Crippen LogP contribution in [-0.2, 0) is 6.42 Å². The van der Waals surface area contributed by atoms with Crippen LogP contribution in [0.4, 0.5) is 4.39 Å². The van der Waals surface area contributed by atoms with Crippen molar-refractivity contribution in [3.05, 3.63) is 58.3 Å². The Morgan fingerprint density at radius 1 is 1.32 bits per heavy atom. The first-order valence-corrected chi connectivity index (χ1v) is 6.93. The minimum Gasteiger partial charge on any atom is -0.310 e. The number of aromatic nitrogens is 2. The zero-order valence-electron chi connectivity index (χ0n) is 10.6. The van der Waals surface area contributed by atoms with Crippen molar-refractivity contribution in [2.75, 3.05) is 6.54 Å². The molecule has 3 nitrogen and oxygen atoms in total. The Bertz CT molecular complexity index is 530. The van der Waals surface area contributed by atoms with Gasteiger partial charge in [0.2, 0.25) is 0 Å². The van der Waals surface area contributed by atoms with Crippen LogP contribution in [0.2, 0.25) is 0 Å². The number of nitrogens with zero attached hydrogens (tertiary/aromatic N) is 2. The number of halogens is 2. The van der Waals surface area contributed by atoms with Crippen molar-refractivity contribution in [3.8, 4) is 0 Å². The van der Waals surface area contributed by atoms with Crippen LogP contribution in [0.25, 0.3) is 0 Å². The summed E-state index contributed by atoms with van der Waals surface area (Å²) in [5.74, 6) is -0.287. The van der Waals surface area contributed by atoms with Crippen LogP contribution in [0.5, 0.6) is 0 Å². The Kier molecular flexibility index (Phi) is 4.99. The molecular formula is C14H15BrFN3. The van der Waals surface area contributed by atoms with Gasteiger partial charge in [0.1, 0.15) is 5.82 Å². The maximum absolute atomic E-state index is 13.8. The lowest BCUT2D eigenvalue weighted by molar-refractivity contribution is 0.503. The minimum atomic E-state index is -0.287. The van der Waals surface area contributed by atoms with Crippen LogP contribution in [0.15, 0.2) is 41.3 Å². The lowest BCUT2D eigenvalue weighted by Gasteiger charge is -2.18. The molecule has 2 aromatic heterocycles. The summed E-state index contributed by atoms with van der Waals surface area (Å²) in [5, 5.41) is 3.28. The normalized spacial score (nSPS) is 12.4. The molecule has 0 bridgehead atoms. The molecule has 2 aromatic rings. The third-order valence-electron chi connectivity index (χ3n) is 2.83. The van der Waals surface area contributed by atoms with E-state index in [2.05, 4.69) is 31.2 Å². The first kappa shape index (κ1) is 14.1. The molecule has 0 aromatic carbocycles. The Balaban J connectivity index is 2.21. The second-order valence-electron chi connectivity index (χ2n) is 4.18. The van der Waals surface area contributed by atoms with E-state index in [1.54, 1.807) is 18.5 Å². The third kappa shape index (κ3) is 3.81. The predicted octanol–water partition coefficient (Wildman–Crippen LogP) is 3.27. The monoisotopic (exact) mass is 323 g/mol. The number of hydrogen-bond donors (Lipinski definition) is 1. The molecule has 0 aliphatic rings. The van der Waals surface area contributed by atoms with Crippen molar-refractivity contribution in [3.63, 3.8) is 0 Å². The highest BCUT2D eigenvalue weighted by molar-refractivity contribution is 9.10. The molecule has 5 heteroatoms. The number of pyridine rings is 2. The molecule has 2 heterocycles. The van der Waals surface area contributed by atoms with Crippen LogP contribution in [0.3, 0.4) is 0 Å². The van der Waals surface area contributed by atoms with E-state index < -0.39 is 0 Å². The first-order valence-electron chi connectivity index (χ1n) is 6.14. The summed E-state index contributed by atoms with van der Waals surface area (Å²) in [6.45, 7) is 2.77. The van der Waals surface area contributed by atoms with Crippen LogP contribution in [0, 0.1) is 5.82 Å². The fourth-order valence-electron chi connectivity index (χ4n) is 1.94. The second kappa shape index (κ2) is 6.73. The molecule has 100 valence electrons. The van der Waals surface area contributed by atoms with Crippen LogP contribution < -0.4 is 5.32 Å². The SMILES string of the molecule is CCNC(Cc1ccc(Br)cn1)c1ccncc1F. The van der Waals surface area contributed by atoms with E-state index in [9.17, 15) is 4.39 Å². The fraction of sp³-hybridized carbons (Fsp3) is 0.286. The average Bonchev–Trinajstić information content (AvgIpc) is 2.41. The van der Waals surface area contributed by atoms with E-state index in [1.165, 1.54) is 6.20 Å². The molecule has 0 amide bonds. The molecule has 2 rings (SSSR count). The summed E-state index contributed by atoms with van der Waals surface area (Å²) < 4.78 is 14.7. The molecule has 19 heavy (non-hydrogen) atoms.